The summed E-state index contributed by atoms with van der Waals surface area (Å²) < 4.78 is 11.6. The maximum Gasteiger partial charge on any atom is 0.338 e. The highest BCUT2D eigenvalue weighted by Crippen LogP contribution is 2.65. The lowest BCUT2D eigenvalue weighted by atomic mass is 9.46. The lowest BCUT2D eigenvalue weighted by Gasteiger charge is -2.59. The summed E-state index contributed by atoms with van der Waals surface area (Å²) in [7, 11) is 0. The molecule has 1 unspecified atom stereocenters. The molecule has 1 aromatic carbocycles. The molecule has 8 atom stereocenters. The van der Waals surface area contributed by atoms with E-state index in [1.54, 1.807) is 6.08 Å². The van der Waals surface area contributed by atoms with Crippen LogP contribution in [0.3, 0.4) is 0 Å². The third kappa shape index (κ3) is 3.55. The number of rotatable bonds is 3. The number of carbonyl (C=O) groups excluding carboxylic acids is 3. The summed E-state index contributed by atoms with van der Waals surface area (Å²) in [6, 6.07) is 9.26. The van der Waals surface area contributed by atoms with E-state index in [9.17, 15) is 14.4 Å². The molecule has 33 heavy (non-hydrogen) atoms. The zero-order valence-electron chi connectivity index (χ0n) is 19.8. The van der Waals surface area contributed by atoms with Crippen molar-refractivity contribution in [3.05, 3.63) is 48.0 Å². The first-order valence-electron chi connectivity index (χ1n) is 12.4. The first-order valence-corrected chi connectivity index (χ1v) is 12.4. The Morgan fingerprint density at radius 2 is 1.64 bits per heavy atom. The smallest absolute Gasteiger partial charge is 0.338 e. The number of ketones is 1. The summed E-state index contributed by atoms with van der Waals surface area (Å²) >= 11 is 0. The van der Waals surface area contributed by atoms with Gasteiger partial charge in [-0.05, 0) is 79.9 Å². The lowest BCUT2D eigenvalue weighted by molar-refractivity contribution is -0.167. The molecule has 0 amide bonds. The van der Waals surface area contributed by atoms with Crippen molar-refractivity contribution in [1.29, 1.82) is 0 Å². The number of fused-ring (bicyclic) bond motifs is 5. The van der Waals surface area contributed by atoms with Gasteiger partial charge in [0.2, 0.25) is 0 Å². The van der Waals surface area contributed by atoms with E-state index < -0.39 is 6.10 Å². The Morgan fingerprint density at radius 1 is 0.909 bits per heavy atom. The quantitative estimate of drug-likeness (QED) is 0.596. The van der Waals surface area contributed by atoms with Crippen LogP contribution in [-0.2, 0) is 19.1 Å². The van der Waals surface area contributed by atoms with Gasteiger partial charge in [0.05, 0.1) is 5.56 Å². The van der Waals surface area contributed by atoms with Crippen LogP contribution in [0.25, 0.3) is 0 Å². The van der Waals surface area contributed by atoms with E-state index >= 15 is 0 Å². The summed E-state index contributed by atoms with van der Waals surface area (Å²) in [6.45, 7) is 5.97. The first-order chi connectivity index (χ1) is 15.7. The van der Waals surface area contributed by atoms with Gasteiger partial charge in [0.25, 0.3) is 0 Å². The molecule has 0 heterocycles. The topological polar surface area (TPSA) is 69.7 Å². The second-order valence-corrected chi connectivity index (χ2v) is 11.1. The van der Waals surface area contributed by atoms with Crippen LogP contribution >= 0.6 is 0 Å². The van der Waals surface area contributed by atoms with Crippen LogP contribution in [0.15, 0.2) is 42.5 Å². The van der Waals surface area contributed by atoms with Gasteiger partial charge in [0.1, 0.15) is 6.10 Å². The number of allylic oxidation sites excluding steroid dienone is 1. The van der Waals surface area contributed by atoms with Crippen LogP contribution in [0.4, 0.5) is 0 Å². The number of carbonyl (C=O) groups is 3. The highest BCUT2D eigenvalue weighted by Gasteiger charge is 2.62. The van der Waals surface area contributed by atoms with E-state index in [0.29, 0.717) is 23.3 Å². The molecule has 4 aliphatic carbocycles. The molecular formula is C28H34O5. The van der Waals surface area contributed by atoms with Crippen LogP contribution in [-0.4, -0.2) is 29.9 Å². The number of hydrogen-bond acceptors (Lipinski definition) is 5. The monoisotopic (exact) mass is 450 g/mol. The Kier molecular flexibility index (Phi) is 5.49. The second-order valence-electron chi connectivity index (χ2n) is 11.1. The molecule has 1 aromatic rings. The molecule has 0 bridgehead atoms. The van der Waals surface area contributed by atoms with Gasteiger partial charge < -0.3 is 9.47 Å². The van der Waals surface area contributed by atoms with Crippen LogP contribution in [0, 0.1) is 34.5 Å². The standard InChI is InChI=1S/C28H34O5/c1-17(29)32-25-22-10-9-19-20-11-12-24(33-26(31)18-7-5-4-6-8-18)28(20,3)15-13-21(19)27(22,2)16-14-23(25)30/h4-8,14,16,19-22,24-25H,9-13,15H2,1-3H3/t19-,20-,21-,22?,24-,25+,27+,28-/m0/s1. The molecule has 0 saturated heterocycles. The van der Waals surface area contributed by atoms with Crippen molar-refractivity contribution in [1.82, 2.24) is 0 Å². The number of ether oxygens (including phenoxy) is 2. The van der Waals surface area contributed by atoms with Gasteiger partial charge in [-0.25, -0.2) is 4.79 Å². The summed E-state index contributed by atoms with van der Waals surface area (Å²) in [5, 5.41) is 0. The average Bonchev–Trinajstić information content (AvgIpc) is 3.12. The molecule has 4 aliphatic rings. The van der Waals surface area contributed by atoms with Crippen molar-refractivity contribution in [3.8, 4) is 0 Å². The molecule has 0 aromatic heterocycles. The summed E-state index contributed by atoms with van der Waals surface area (Å²) in [6.07, 6.45) is 8.99. The fourth-order valence-corrected chi connectivity index (χ4v) is 7.94. The van der Waals surface area contributed by atoms with Crippen molar-refractivity contribution in [2.75, 3.05) is 0 Å². The van der Waals surface area contributed by atoms with Crippen LogP contribution in [0.5, 0.6) is 0 Å². The first kappa shape index (κ1) is 22.4. The molecule has 3 saturated carbocycles. The molecule has 176 valence electrons. The fraction of sp³-hybridized carbons (Fsp3) is 0.607. The highest BCUT2D eigenvalue weighted by molar-refractivity contribution is 5.96. The minimum absolute atomic E-state index is 0.0156. The lowest BCUT2D eigenvalue weighted by Crippen LogP contribution is -2.57. The third-order valence-corrected chi connectivity index (χ3v) is 9.56. The van der Waals surface area contributed by atoms with Crippen molar-refractivity contribution in [2.24, 2.45) is 34.5 Å². The molecule has 0 spiro atoms. The Balaban J connectivity index is 1.37. The van der Waals surface area contributed by atoms with Gasteiger partial charge in [-0.15, -0.1) is 0 Å². The maximum atomic E-state index is 12.8. The summed E-state index contributed by atoms with van der Waals surface area (Å²) in [5.74, 6) is 0.821. The minimum atomic E-state index is -0.657. The number of esters is 2. The number of hydrogen-bond donors (Lipinski definition) is 0. The highest BCUT2D eigenvalue weighted by atomic mass is 16.5. The molecule has 0 radical (unpaired) electrons. The molecule has 0 N–H and O–H groups in total. The van der Waals surface area contributed by atoms with E-state index in [1.807, 2.05) is 30.3 Å². The van der Waals surface area contributed by atoms with Crippen molar-refractivity contribution in [2.45, 2.75) is 71.5 Å². The fourth-order valence-electron chi connectivity index (χ4n) is 7.94. The molecular weight excluding hydrogens is 416 g/mol. The predicted molar refractivity (Wildman–Crippen MR) is 123 cm³/mol. The van der Waals surface area contributed by atoms with E-state index in [1.165, 1.54) is 6.92 Å². The van der Waals surface area contributed by atoms with Crippen LogP contribution in [0.2, 0.25) is 0 Å². The van der Waals surface area contributed by atoms with Gasteiger partial charge in [0, 0.05) is 18.3 Å². The van der Waals surface area contributed by atoms with Gasteiger partial charge in [-0.2, -0.15) is 0 Å². The van der Waals surface area contributed by atoms with Gasteiger partial charge in [-0.3, -0.25) is 9.59 Å². The van der Waals surface area contributed by atoms with Crippen molar-refractivity contribution < 1.29 is 23.9 Å². The van der Waals surface area contributed by atoms with E-state index in [2.05, 4.69) is 19.9 Å². The number of benzene rings is 1. The summed E-state index contributed by atoms with van der Waals surface area (Å²) in [4.78, 5) is 37.1. The van der Waals surface area contributed by atoms with Gasteiger partial charge in [-0.1, -0.05) is 38.1 Å². The van der Waals surface area contributed by atoms with Crippen molar-refractivity contribution >= 4 is 17.7 Å². The molecule has 5 nitrogen and oxygen atoms in total. The van der Waals surface area contributed by atoms with E-state index in [0.717, 1.165) is 38.5 Å². The van der Waals surface area contributed by atoms with Gasteiger partial charge in [0.15, 0.2) is 11.9 Å². The zero-order chi connectivity index (χ0) is 23.4. The Labute approximate surface area is 195 Å². The maximum absolute atomic E-state index is 12.8. The summed E-state index contributed by atoms with van der Waals surface area (Å²) in [5.41, 5.74) is 0.440. The molecule has 5 heteroatoms. The Hall–Kier alpha value is -2.43. The molecule has 5 rings (SSSR count). The Bertz CT molecular complexity index is 983. The van der Waals surface area contributed by atoms with Crippen molar-refractivity contribution in [3.63, 3.8) is 0 Å². The largest absolute Gasteiger partial charge is 0.458 e. The second kappa shape index (κ2) is 8.11. The van der Waals surface area contributed by atoms with Crippen LogP contribution < -0.4 is 0 Å². The molecule has 0 aliphatic heterocycles. The minimum Gasteiger partial charge on any atom is -0.458 e. The zero-order valence-corrected chi connectivity index (χ0v) is 19.8. The average molecular weight is 451 g/mol. The Morgan fingerprint density at radius 3 is 2.36 bits per heavy atom. The van der Waals surface area contributed by atoms with Crippen LogP contribution in [0.1, 0.15) is 69.7 Å². The predicted octanol–water partition coefficient (Wildman–Crippen LogP) is 5.14. The molecule has 3 fully saturated rings. The normalized spacial score (nSPS) is 41.5. The third-order valence-electron chi connectivity index (χ3n) is 9.56. The van der Waals surface area contributed by atoms with E-state index in [-0.39, 0.29) is 40.6 Å². The van der Waals surface area contributed by atoms with E-state index in [4.69, 9.17) is 9.47 Å². The SMILES string of the molecule is CC(=O)O[C@H]1C(=O)C=C[C@@]2(C)C1CC[C@H]1[C@@H]3CC[C@H](OC(=O)c4ccccc4)[C@@]3(C)CC[C@@H]12. The van der Waals surface area contributed by atoms with Gasteiger partial charge >= 0.3 is 11.9 Å².